The van der Waals surface area contributed by atoms with Gasteiger partial charge in [0.15, 0.2) is 0 Å². The lowest BCUT2D eigenvalue weighted by Crippen LogP contribution is -2.55. The minimum Gasteiger partial charge on any atom is -0.391 e. The van der Waals surface area contributed by atoms with Crippen molar-refractivity contribution in [1.29, 1.82) is 0 Å². The monoisotopic (exact) mass is 257 g/mol. The molecule has 0 bridgehead atoms. The lowest BCUT2D eigenvalue weighted by atomic mass is 9.93. The van der Waals surface area contributed by atoms with Gasteiger partial charge in [0.2, 0.25) is 5.91 Å². The molecule has 6 nitrogen and oxygen atoms in total. The number of nitrogens with one attached hydrogen (secondary N) is 1. The van der Waals surface area contributed by atoms with Crippen molar-refractivity contribution in [3.05, 3.63) is 0 Å². The van der Waals surface area contributed by atoms with Gasteiger partial charge in [0.1, 0.15) is 0 Å². The summed E-state index contributed by atoms with van der Waals surface area (Å²) in [6, 6.07) is -0.484. The van der Waals surface area contributed by atoms with Crippen molar-refractivity contribution in [2.45, 2.75) is 45.3 Å². The van der Waals surface area contributed by atoms with Crippen molar-refractivity contribution < 1.29 is 14.7 Å². The number of urea groups is 1. The van der Waals surface area contributed by atoms with Gasteiger partial charge in [0.25, 0.3) is 0 Å². The van der Waals surface area contributed by atoms with E-state index in [1.165, 1.54) is 4.90 Å². The predicted octanol–water partition coefficient (Wildman–Crippen LogP) is 0.0527. The van der Waals surface area contributed by atoms with Crippen LogP contribution in [0.3, 0.4) is 0 Å². The third-order valence-electron chi connectivity index (χ3n) is 3.59. The number of nitrogens with two attached hydrogens (primary N) is 1. The first-order valence-electron chi connectivity index (χ1n) is 6.28. The molecule has 3 amide bonds. The lowest BCUT2D eigenvalue weighted by Gasteiger charge is -2.35. The molecule has 1 heterocycles. The molecule has 1 aliphatic heterocycles. The van der Waals surface area contributed by atoms with E-state index in [2.05, 4.69) is 5.32 Å². The Morgan fingerprint density at radius 1 is 1.50 bits per heavy atom. The quantitative estimate of drug-likeness (QED) is 0.666. The zero-order chi connectivity index (χ0) is 13.9. The molecule has 0 aliphatic carbocycles. The van der Waals surface area contributed by atoms with E-state index in [-0.39, 0.29) is 11.8 Å². The molecule has 1 rings (SSSR count). The first kappa shape index (κ1) is 14.8. The number of carbonyl (C=O) groups excluding carboxylic acids is 2. The van der Waals surface area contributed by atoms with Crippen LogP contribution >= 0.6 is 0 Å². The van der Waals surface area contributed by atoms with Crippen molar-refractivity contribution >= 4 is 11.9 Å². The molecule has 0 aromatic rings. The number of carbonyl (C=O) groups is 2. The van der Waals surface area contributed by atoms with Crippen LogP contribution in [0.5, 0.6) is 0 Å². The molecule has 2 atom stereocenters. The van der Waals surface area contributed by atoms with Gasteiger partial charge < -0.3 is 21.1 Å². The minimum atomic E-state index is -0.675. The summed E-state index contributed by atoms with van der Waals surface area (Å²) in [5, 5.41) is 12.4. The Labute approximate surface area is 108 Å². The summed E-state index contributed by atoms with van der Waals surface area (Å²) in [5.41, 5.74) is 4.55. The second-order valence-corrected chi connectivity index (χ2v) is 5.51. The van der Waals surface area contributed by atoms with Crippen LogP contribution in [0, 0.1) is 5.92 Å². The summed E-state index contributed by atoms with van der Waals surface area (Å²) in [6.07, 6.45) is 0.874. The standard InChI is InChI=1S/C12H23N3O3/c1-8(16)12(2,3)14-10(17)9-5-4-6-15(7-9)11(13)18/h8-9,16H,4-7H2,1-3H3,(H2,13,18)(H,14,17). The van der Waals surface area contributed by atoms with Gasteiger partial charge in [-0.2, -0.15) is 0 Å². The average molecular weight is 257 g/mol. The molecule has 0 spiro atoms. The highest BCUT2D eigenvalue weighted by Crippen LogP contribution is 2.18. The number of piperidine rings is 1. The number of primary amides is 1. The van der Waals surface area contributed by atoms with Crippen LogP contribution in [-0.4, -0.2) is 46.7 Å². The normalized spacial score (nSPS) is 22.4. The van der Waals surface area contributed by atoms with Gasteiger partial charge in [-0.3, -0.25) is 4.79 Å². The Morgan fingerprint density at radius 2 is 2.11 bits per heavy atom. The van der Waals surface area contributed by atoms with Crippen molar-refractivity contribution in [2.75, 3.05) is 13.1 Å². The van der Waals surface area contributed by atoms with Crippen LogP contribution in [-0.2, 0) is 4.79 Å². The zero-order valence-corrected chi connectivity index (χ0v) is 11.3. The number of likely N-dealkylation sites (tertiary alicyclic amines) is 1. The van der Waals surface area contributed by atoms with Gasteiger partial charge in [-0.25, -0.2) is 4.79 Å². The molecule has 1 fully saturated rings. The Morgan fingerprint density at radius 3 is 2.61 bits per heavy atom. The summed E-state index contributed by atoms with van der Waals surface area (Å²) in [6.45, 7) is 6.14. The van der Waals surface area contributed by atoms with E-state index < -0.39 is 17.7 Å². The van der Waals surface area contributed by atoms with Crippen LogP contribution in [0.25, 0.3) is 0 Å². The predicted molar refractivity (Wildman–Crippen MR) is 67.8 cm³/mol. The van der Waals surface area contributed by atoms with Gasteiger partial charge in [-0.05, 0) is 33.6 Å². The zero-order valence-electron chi connectivity index (χ0n) is 11.3. The molecule has 0 saturated carbocycles. The minimum absolute atomic E-state index is 0.133. The summed E-state index contributed by atoms with van der Waals surface area (Å²) in [4.78, 5) is 24.7. The van der Waals surface area contributed by atoms with Crippen LogP contribution in [0.15, 0.2) is 0 Å². The maximum Gasteiger partial charge on any atom is 0.314 e. The number of aliphatic hydroxyl groups excluding tert-OH is 1. The highest BCUT2D eigenvalue weighted by Gasteiger charge is 2.32. The fourth-order valence-electron chi connectivity index (χ4n) is 1.92. The van der Waals surface area contributed by atoms with Crippen molar-refractivity contribution in [2.24, 2.45) is 11.7 Å². The molecule has 1 aliphatic rings. The van der Waals surface area contributed by atoms with E-state index in [9.17, 15) is 14.7 Å². The van der Waals surface area contributed by atoms with E-state index >= 15 is 0 Å². The van der Waals surface area contributed by atoms with E-state index in [0.717, 1.165) is 12.8 Å². The van der Waals surface area contributed by atoms with E-state index in [1.54, 1.807) is 20.8 Å². The van der Waals surface area contributed by atoms with Gasteiger partial charge in [0.05, 0.1) is 17.6 Å². The third-order valence-corrected chi connectivity index (χ3v) is 3.59. The Hall–Kier alpha value is -1.30. The van der Waals surface area contributed by atoms with Gasteiger partial charge >= 0.3 is 6.03 Å². The number of aliphatic hydroxyl groups is 1. The topological polar surface area (TPSA) is 95.7 Å². The number of amides is 3. The summed E-state index contributed by atoms with van der Waals surface area (Å²) < 4.78 is 0. The maximum absolute atomic E-state index is 12.1. The number of rotatable bonds is 3. The van der Waals surface area contributed by atoms with E-state index in [4.69, 9.17) is 5.73 Å². The largest absolute Gasteiger partial charge is 0.391 e. The molecule has 18 heavy (non-hydrogen) atoms. The van der Waals surface area contributed by atoms with Crippen LogP contribution in [0.2, 0.25) is 0 Å². The first-order chi connectivity index (χ1) is 8.24. The molecule has 0 aromatic heterocycles. The Kier molecular flexibility index (Phi) is 4.56. The summed E-state index contributed by atoms with van der Waals surface area (Å²) >= 11 is 0. The summed E-state index contributed by atoms with van der Waals surface area (Å²) in [7, 11) is 0. The van der Waals surface area contributed by atoms with Gasteiger partial charge in [0, 0.05) is 13.1 Å². The highest BCUT2D eigenvalue weighted by atomic mass is 16.3. The number of hydrogen-bond acceptors (Lipinski definition) is 3. The fourth-order valence-corrected chi connectivity index (χ4v) is 1.92. The first-order valence-corrected chi connectivity index (χ1v) is 6.28. The second-order valence-electron chi connectivity index (χ2n) is 5.51. The van der Waals surface area contributed by atoms with Gasteiger partial charge in [-0.15, -0.1) is 0 Å². The maximum atomic E-state index is 12.1. The highest BCUT2D eigenvalue weighted by molar-refractivity contribution is 5.81. The van der Waals surface area contributed by atoms with Crippen molar-refractivity contribution in [1.82, 2.24) is 10.2 Å². The van der Waals surface area contributed by atoms with Crippen LogP contribution < -0.4 is 11.1 Å². The molecule has 104 valence electrons. The SMILES string of the molecule is CC(O)C(C)(C)NC(=O)C1CCCN(C(N)=O)C1. The molecule has 0 radical (unpaired) electrons. The average Bonchev–Trinajstić information content (AvgIpc) is 2.28. The Balaban J connectivity index is 2.59. The van der Waals surface area contributed by atoms with Gasteiger partial charge in [-0.1, -0.05) is 0 Å². The molecule has 2 unspecified atom stereocenters. The van der Waals surface area contributed by atoms with E-state index in [0.29, 0.717) is 13.1 Å². The van der Waals surface area contributed by atoms with Crippen LogP contribution in [0.4, 0.5) is 4.79 Å². The molecule has 6 heteroatoms. The molecule has 0 aromatic carbocycles. The number of nitrogens with zero attached hydrogens (tertiary/aromatic N) is 1. The molecule has 1 saturated heterocycles. The number of hydrogen-bond donors (Lipinski definition) is 3. The Bertz CT molecular complexity index is 329. The van der Waals surface area contributed by atoms with Crippen molar-refractivity contribution in [3.8, 4) is 0 Å². The molecular formula is C12H23N3O3. The van der Waals surface area contributed by atoms with Crippen LogP contribution in [0.1, 0.15) is 33.6 Å². The van der Waals surface area contributed by atoms with Crippen molar-refractivity contribution in [3.63, 3.8) is 0 Å². The molecule has 4 N–H and O–H groups in total. The smallest absolute Gasteiger partial charge is 0.314 e. The summed E-state index contributed by atoms with van der Waals surface area (Å²) in [5.74, 6) is -0.379. The second kappa shape index (κ2) is 5.56. The third kappa shape index (κ3) is 3.60. The lowest BCUT2D eigenvalue weighted by molar-refractivity contribution is -0.129. The van der Waals surface area contributed by atoms with E-state index in [1.807, 2.05) is 0 Å². The molecular weight excluding hydrogens is 234 g/mol. The fraction of sp³-hybridized carbons (Fsp3) is 0.833.